The van der Waals surface area contributed by atoms with Crippen molar-refractivity contribution < 1.29 is 9.84 Å². The molecule has 4 aliphatic carbocycles. The van der Waals surface area contributed by atoms with Crippen molar-refractivity contribution in [2.45, 2.75) is 32.1 Å². The Balaban J connectivity index is 1.62. The molecule has 1 N–H and O–H groups in total. The van der Waals surface area contributed by atoms with E-state index in [2.05, 4.69) is 18.2 Å². The lowest BCUT2D eigenvalue weighted by atomic mass is 9.54. The van der Waals surface area contributed by atoms with E-state index in [1.54, 1.807) is 11.6 Å². The smallest absolute Gasteiger partial charge is 0.125 e. The van der Waals surface area contributed by atoms with Crippen molar-refractivity contribution in [2.24, 2.45) is 23.7 Å². The van der Waals surface area contributed by atoms with Gasteiger partial charge in [-0.15, -0.1) is 0 Å². The maximum absolute atomic E-state index is 9.66. The second-order valence-corrected chi connectivity index (χ2v) is 8.04. The third kappa shape index (κ3) is 2.16. The SMILES string of the molecule is COC(=C1C2CC3CC(C2)CC1C3)c1ccc2cc(O)ccc2c1. The van der Waals surface area contributed by atoms with Gasteiger partial charge in [-0.3, -0.25) is 0 Å². The van der Waals surface area contributed by atoms with Gasteiger partial charge in [-0.2, -0.15) is 0 Å². The average molecular weight is 320 g/mol. The van der Waals surface area contributed by atoms with E-state index in [1.165, 1.54) is 37.7 Å². The standard InChI is InChI=1S/C22H24O2/c1-24-22(17-3-2-16-12-20(23)5-4-15(16)11-17)21-18-7-13-6-14(9-18)10-19(21)8-13/h2-5,11-14,18-19,23H,6-10H2,1H3. The quantitative estimate of drug-likeness (QED) is 0.755. The van der Waals surface area contributed by atoms with Crippen molar-refractivity contribution in [3.05, 3.63) is 47.5 Å². The number of ether oxygens (including phenoxy) is 1. The topological polar surface area (TPSA) is 29.5 Å². The highest BCUT2D eigenvalue weighted by Crippen LogP contribution is 2.57. The first-order valence-corrected chi connectivity index (χ1v) is 9.22. The summed E-state index contributed by atoms with van der Waals surface area (Å²) < 4.78 is 5.97. The number of phenols is 1. The Hall–Kier alpha value is -1.96. The van der Waals surface area contributed by atoms with Gasteiger partial charge in [-0.1, -0.05) is 18.2 Å². The second kappa shape index (κ2) is 5.27. The van der Waals surface area contributed by atoms with Gasteiger partial charge < -0.3 is 9.84 Å². The van der Waals surface area contributed by atoms with Gasteiger partial charge in [0.05, 0.1) is 7.11 Å². The molecule has 2 nitrogen and oxygen atoms in total. The van der Waals surface area contributed by atoms with Crippen LogP contribution >= 0.6 is 0 Å². The maximum Gasteiger partial charge on any atom is 0.125 e. The molecular formula is C22H24O2. The number of aromatic hydroxyl groups is 1. The van der Waals surface area contributed by atoms with E-state index in [0.717, 1.165) is 40.2 Å². The van der Waals surface area contributed by atoms with Crippen molar-refractivity contribution in [1.29, 1.82) is 0 Å². The van der Waals surface area contributed by atoms with Crippen LogP contribution in [0.25, 0.3) is 16.5 Å². The van der Waals surface area contributed by atoms with Gasteiger partial charge in [-0.05, 0) is 90.3 Å². The Morgan fingerprint density at radius 3 is 2.17 bits per heavy atom. The maximum atomic E-state index is 9.66. The molecule has 0 heterocycles. The van der Waals surface area contributed by atoms with Gasteiger partial charge >= 0.3 is 0 Å². The summed E-state index contributed by atoms with van der Waals surface area (Å²) in [4.78, 5) is 0. The molecule has 4 aliphatic rings. The summed E-state index contributed by atoms with van der Waals surface area (Å²) in [5.41, 5.74) is 2.79. The highest BCUT2D eigenvalue weighted by molar-refractivity contribution is 5.87. The number of hydrogen-bond acceptors (Lipinski definition) is 2. The summed E-state index contributed by atoms with van der Waals surface area (Å²) in [7, 11) is 1.83. The Morgan fingerprint density at radius 2 is 1.50 bits per heavy atom. The molecule has 6 rings (SSSR count). The molecule has 0 amide bonds. The van der Waals surface area contributed by atoms with Crippen LogP contribution in [0.15, 0.2) is 42.0 Å². The number of allylic oxidation sites excluding steroid dienone is 1. The molecule has 124 valence electrons. The third-order valence-electron chi connectivity index (χ3n) is 6.57. The van der Waals surface area contributed by atoms with Crippen LogP contribution < -0.4 is 0 Å². The van der Waals surface area contributed by atoms with Crippen molar-refractivity contribution in [1.82, 2.24) is 0 Å². The van der Waals surface area contributed by atoms with Gasteiger partial charge in [0.2, 0.25) is 0 Å². The summed E-state index contributed by atoms with van der Waals surface area (Å²) >= 11 is 0. The monoisotopic (exact) mass is 320 g/mol. The molecule has 0 saturated heterocycles. The minimum absolute atomic E-state index is 0.321. The molecule has 4 fully saturated rings. The molecular weight excluding hydrogens is 296 g/mol. The highest BCUT2D eigenvalue weighted by atomic mass is 16.5. The predicted molar refractivity (Wildman–Crippen MR) is 96.6 cm³/mol. The first-order valence-electron chi connectivity index (χ1n) is 9.22. The molecule has 24 heavy (non-hydrogen) atoms. The van der Waals surface area contributed by atoms with Crippen molar-refractivity contribution >= 4 is 16.5 Å². The number of hydrogen-bond donors (Lipinski definition) is 1. The van der Waals surface area contributed by atoms with Gasteiger partial charge in [-0.25, -0.2) is 0 Å². The summed E-state index contributed by atoms with van der Waals surface area (Å²) in [6, 6.07) is 12.0. The molecule has 2 aromatic carbocycles. The molecule has 0 unspecified atom stereocenters. The van der Waals surface area contributed by atoms with Crippen LogP contribution in [0.1, 0.15) is 37.7 Å². The Labute approximate surface area is 143 Å². The lowest BCUT2D eigenvalue weighted by molar-refractivity contribution is 0.0675. The van der Waals surface area contributed by atoms with Crippen molar-refractivity contribution in [2.75, 3.05) is 7.11 Å². The van der Waals surface area contributed by atoms with Crippen LogP contribution in [0, 0.1) is 23.7 Å². The number of fused-ring (bicyclic) bond motifs is 1. The van der Waals surface area contributed by atoms with E-state index in [9.17, 15) is 5.11 Å². The number of phenolic OH excluding ortho intramolecular Hbond substituents is 1. The summed E-state index contributed by atoms with van der Waals surface area (Å²) in [6.45, 7) is 0. The van der Waals surface area contributed by atoms with Crippen molar-refractivity contribution in [3.63, 3.8) is 0 Å². The largest absolute Gasteiger partial charge is 0.508 e. The van der Waals surface area contributed by atoms with E-state index < -0.39 is 0 Å². The van der Waals surface area contributed by atoms with Gasteiger partial charge in [0.15, 0.2) is 0 Å². The van der Waals surface area contributed by atoms with Crippen LogP contribution in [0.3, 0.4) is 0 Å². The summed E-state index contributed by atoms with van der Waals surface area (Å²) in [5, 5.41) is 11.9. The lowest BCUT2D eigenvalue weighted by Crippen LogP contribution is -2.40. The summed E-state index contributed by atoms with van der Waals surface area (Å²) in [5.74, 6) is 4.86. The number of methoxy groups -OCH3 is 1. The van der Waals surface area contributed by atoms with Crippen molar-refractivity contribution in [3.8, 4) is 5.75 Å². The Bertz CT molecular complexity index is 803. The zero-order chi connectivity index (χ0) is 16.3. The molecule has 2 heteroatoms. The van der Waals surface area contributed by atoms with E-state index in [0.29, 0.717) is 5.75 Å². The molecule has 0 aliphatic heterocycles. The van der Waals surface area contributed by atoms with Crippen LogP contribution in [0.5, 0.6) is 5.75 Å². The molecule has 4 saturated carbocycles. The fourth-order valence-electron chi connectivity index (χ4n) is 5.84. The van der Waals surface area contributed by atoms with Crippen LogP contribution in [0.4, 0.5) is 0 Å². The number of rotatable bonds is 2. The average Bonchev–Trinajstić information content (AvgIpc) is 2.57. The van der Waals surface area contributed by atoms with E-state index in [-0.39, 0.29) is 0 Å². The lowest BCUT2D eigenvalue weighted by Gasteiger charge is -2.51. The Kier molecular flexibility index (Phi) is 3.16. The number of benzene rings is 2. The van der Waals surface area contributed by atoms with Gasteiger partial charge in [0.25, 0.3) is 0 Å². The van der Waals surface area contributed by atoms with E-state index in [1.807, 2.05) is 19.2 Å². The molecule has 0 atom stereocenters. The molecule has 0 aromatic heterocycles. The van der Waals surface area contributed by atoms with Crippen LogP contribution in [0.2, 0.25) is 0 Å². The van der Waals surface area contributed by atoms with Crippen LogP contribution in [-0.2, 0) is 4.74 Å². The molecule has 4 bridgehead atoms. The minimum atomic E-state index is 0.321. The summed E-state index contributed by atoms with van der Waals surface area (Å²) in [6.07, 6.45) is 6.96. The zero-order valence-electron chi connectivity index (χ0n) is 14.2. The first-order chi connectivity index (χ1) is 11.7. The molecule has 0 radical (unpaired) electrons. The van der Waals surface area contributed by atoms with Gasteiger partial charge in [0, 0.05) is 5.56 Å². The molecule has 0 spiro atoms. The normalized spacial score (nSPS) is 30.8. The predicted octanol–water partition coefficient (Wildman–Crippen LogP) is 5.36. The zero-order valence-corrected chi connectivity index (χ0v) is 14.2. The highest BCUT2D eigenvalue weighted by Gasteiger charge is 2.46. The first kappa shape index (κ1) is 14.4. The third-order valence-corrected chi connectivity index (χ3v) is 6.57. The fraction of sp³-hybridized carbons (Fsp3) is 0.455. The van der Waals surface area contributed by atoms with E-state index in [4.69, 9.17) is 4.74 Å². The fourth-order valence-corrected chi connectivity index (χ4v) is 5.84. The Morgan fingerprint density at radius 1 is 0.875 bits per heavy atom. The molecule has 2 aromatic rings. The minimum Gasteiger partial charge on any atom is -0.508 e. The van der Waals surface area contributed by atoms with Gasteiger partial charge in [0.1, 0.15) is 11.5 Å². The van der Waals surface area contributed by atoms with E-state index >= 15 is 0 Å². The van der Waals surface area contributed by atoms with Crippen LogP contribution in [-0.4, -0.2) is 12.2 Å². The second-order valence-electron chi connectivity index (χ2n) is 8.04.